The van der Waals surface area contributed by atoms with Crippen molar-refractivity contribution in [2.75, 3.05) is 19.7 Å². The molecule has 0 aromatic carbocycles. The van der Waals surface area contributed by atoms with Crippen LogP contribution < -0.4 is 102 Å². The van der Waals surface area contributed by atoms with Gasteiger partial charge < -0.3 is 112 Å². The van der Waals surface area contributed by atoms with E-state index in [1.807, 2.05) is 0 Å². The maximum absolute atomic E-state index is 14.3. The largest absolute Gasteiger partial charge is 0.394 e. The van der Waals surface area contributed by atoms with Crippen molar-refractivity contribution < 1.29 is 101 Å². The normalized spacial score (nSPS) is 16.0. The van der Waals surface area contributed by atoms with E-state index in [-0.39, 0.29) is 62.8 Å². The predicted molar refractivity (Wildman–Crippen MR) is 431 cm³/mol. The molecule has 0 aromatic heterocycles. The zero-order valence-corrected chi connectivity index (χ0v) is 73.2. The van der Waals surface area contributed by atoms with Gasteiger partial charge in [0.2, 0.25) is 118 Å². The van der Waals surface area contributed by atoms with E-state index in [1.54, 1.807) is 48.5 Å². The second-order valence-corrected chi connectivity index (χ2v) is 34.8. The molecule has 0 spiro atoms. The topological polar surface area (TPSA) is 621 Å². The van der Waals surface area contributed by atoms with Crippen molar-refractivity contribution >= 4 is 118 Å². The van der Waals surface area contributed by atoms with Gasteiger partial charge >= 0.3 is 0 Å². The Hall–Kier alpha value is -10.6. The number of nitrogens with one attached hydrogen (secondary N) is 17. The molecule has 1 heterocycles. The van der Waals surface area contributed by atoms with Crippen LogP contribution >= 0.6 is 0 Å². The lowest BCUT2D eigenvalue weighted by Crippen LogP contribution is -2.66. The van der Waals surface area contributed by atoms with Crippen LogP contribution in [0.2, 0.25) is 0 Å². The fourth-order valence-electron chi connectivity index (χ4n) is 11.6. The molecule has 1 rings (SSSR count). The van der Waals surface area contributed by atoms with E-state index >= 15 is 0 Å². The molecule has 0 radical (unpaired) electrons. The molecule has 1 fully saturated rings. The number of aliphatic hydroxyl groups excluding tert-OH is 1. The SMILES string of the molecule is CCC(C)(NC(=O)C(C)(C)NC(=O)C(CC(C)C)NC(=O)C1CCCN1C(=O)C(C)(C)NC(=O)C(C)NC(=O)C(C)NC(=O)C(C)NC(=O)C(C)NC(=O)C(C)(C)NC(=O)C(CCC(N)=O)NC(=O)C(C)(C)NC(=O)C(CC(C)C)NC(=O)C(C)(C)NC(=O)CNC(=O)C(C)(C)NC(C)=O)C(=O)NC(CCC(N)=O)C(=O)NC(CO)C(C)C. The number of amides is 20. The van der Waals surface area contributed by atoms with Gasteiger partial charge in [0.25, 0.3) is 0 Å². The van der Waals surface area contributed by atoms with E-state index in [4.69, 9.17) is 11.5 Å². The van der Waals surface area contributed by atoms with Crippen LogP contribution in [0, 0.1) is 17.8 Å². The van der Waals surface area contributed by atoms with Crippen LogP contribution in [0.25, 0.3) is 0 Å². The van der Waals surface area contributed by atoms with Gasteiger partial charge in [-0.1, -0.05) is 48.5 Å². The van der Waals surface area contributed by atoms with Gasteiger partial charge in [0, 0.05) is 26.3 Å². The fraction of sp³-hybridized carbons (Fsp3) is 0.740. The summed E-state index contributed by atoms with van der Waals surface area (Å²) >= 11 is 0. The molecule has 0 aromatic rings. The Labute approximate surface area is 690 Å². The minimum absolute atomic E-state index is 0.0138. The van der Waals surface area contributed by atoms with E-state index in [2.05, 4.69) is 90.4 Å². The zero-order valence-electron chi connectivity index (χ0n) is 73.2. The zero-order chi connectivity index (χ0) is 91.6. The average molecular weight is 1680 g/mol. The van der Waals surface area contributed by atoms with Crippen molar-refractivity contribution in [1.29, 1.82) is 0 Å². The van der Waals surface area contributed by atoms with Crippen LogP contribution in [0.1, 0.15) is 231 Å². The first-order valence-corrected chi connectivity index (χ1v) is 39.6. The molecule has 22 N–H and O–H groups in total. The highest BCUT2D eigenvalue weighted by molar-refractivity contribution is 6.03. The van der Waals surface area contributed by atoms with Gasteiger partial charge in [0.15, 0.2) is 0 Å². The molecule has 41 heteroatoms. The van der Waals surface area contributed by atoms with Gasteiger partial charge in [-0.3, -0.25) is 95.9 Å². The molecule has 0 aliphatic carbocycles. The number of rotatable bonds is 47. The number of aliphatic hydroxyl groups is 1. The van der Waals surface area contributed by atoms with Crippen LogP contribution in [0.5, 0.6) is 0 Å². The second-order valence-electron chi connectivity index (χ2n) is 34.8. The first-order valence-electron chi connectivity index (χ1n) is 39.6. The molecule has 118 heavy (non-hydrogen) atoms. The van der Waals surface area contributed by atoms with Gasteiger partial charge in [0.05, 0.1) is 19.2 Å². The summed E-state index contributed by atoms with van der Waals surface area (Å²) in [6, 6.07) is -12.7. The number of hydrogen-bond donors (Lipinski definition) is 20. The minimum Gasteiger partial charge on any atom is -0.394 e. The van der Waals surface area contributed by atoms with Gasteiger partial charge in [0.1, 0.15) is 93.1 Å². The van der Waals surface area contributed by atoms with E-state index in [0.717, 1.165) is 0 Å². The number of carbonyl (C=O) groups excluding carboxylic acids is 20. The van der Waals surface area contributed by atoms with E-state index < -0.39 is 243 Å². The Morgan fingerprint density at radius 3 is 1.18 bits per heavy atom. The molecule has 0 bridgehead atoms. The summed E-state index contributed by atoms with van der Waals surface area (Å²) in [7, 11) is 0. The maximum Gasteiger partial charge on any atom is 0.248 e. The molecule has 1 aliphatic heterocycles. The van der Waals surface area contributed by atoms with Crippen molar-refractivity contribution in [3.63, 3.8) is 0 Å². The fourth-order valence-corrected chi connectivity index (χ4v) is 11.6. The number of hydrogen-bond acceptors (Lipinski definition) is 21. The Bertz CT molecular complexity index is 3710. The lowest BCUT2D eigenvalue weighted by molar-refractivity contribution is -0.145. The predicted octanol–water partition coefficient (Wildman–Crippen LogP) is -4.52. The second kappa shape index (κ2) is 44.8. The van der Waals surface area contributed by atoms with Crippen molar-refractivity contribution in [2.45, 2.75) is 330 Å². The summed E-state index contributed by atoms with van der Waals surface area (Å²) in [6.07, 6.45) is -0.741. The lowest BCUT2D eigenvalue weighted by Gasteiger charge is -2.36. The van der Waals surface area contributed by atoms with E-state index in [1.165, 1.54) is 130 Å². The van der Waals surface area contributed by atoms with Crippen molar-refractivity contribution in [3.05, 3.63) is 0 Å². The highest BCUT2D eigenvalue weighted by Gasteiger charge is 2.47. The standard InChI is InChI=1S/C77H134N20O21/c1-26-77(25,69(117)88-46(29-31-52(78)100)59(107)86-50(37-98)40(6)7)96-68(116)75(21,22)95-61(109)48(34-38(2)3)85-63(111)51-28-27-33-97(51)70(118)76(23,24)92-58(106)44(11)83-56(104)42(9)81-55(103)41(8)82-57(105)43(10)84-65(113)73(17,18)93-60(108)47(30-32-53(79)101)87-67(115)74(19,20)94-62(110)49(35-39(4)5)89-66(114)72(15,16)91-54(102)36-80-64(112)71(13,14)90-45(12)99/h38-44,46-51,98H,26-37H2,1-25H3,(H2,78,100)(H2,79,101)(H,80,112)(H,81,103)(H,82,105)(H,83,104)(H,84,113)(H,85,111)(H,86,107)(H,87,115)(H,88,117)(H,89,114)(H,90,99)(H,91,102)(H,92,106)(H,93,108)(H,94,110)(H,95,109)(H,96,116). The van der Waals surface area contributed by atoms with E-state index in [9.17, 15) is 101 Å². The lowest BCUT2D eigenvalue weighted by atomic mass is 9.93. The van der Waals surface area contributed by atoms with Crippen molar-refractivity contribution in [2.24, 2.45) is 29.2 Å². The Morgan fingerprint density at radius 1 is 0.398 bits per heavy atom. The summed E-state index contributed by atoms with van der Waals surface area (Å²) in [5.41, 5.74) is -1.13. The summed E-state index contributed by atoms with van der Waals surface area (Å²) in [5.74, 6) is -16.9. The summed E-state index contributed by atoms with van der Waals surface area (Å²) < 4.78 is 0. The third-order valence-electron chi connectivity index (χ3n) is 19.5. The molecule has 11 unspecified atom stereocenters. The molecule has 1 saturated heterocycles. The molecule has 11 atom stereocenters. The summed E-state index contributed by atoms with van der Waals surface area (Å²) in [6.45, 7) is 35.1. The van der Waals surface area contributed by atoms with Gasteiger partial charge in [-0.15, -0.1) is 0 Å². The van der Waals surface area contributed by atoms with Gasteiger partial charge in [-0.05, 0) is 180 Å². The van der Waals surface area contributed by atoms with E-state index in [0.29, 0.717) is 6.42 Å². The highest BCUT2D eigenvalue weighted by atomic mass is 16.3. The quantitative estimate of drug-likeness (QED) is 0.0273. The summed E-state index contributed by atoms with van der Waals surface area (Å²) in [4.78, 5) is 269. The third kappa shape index (κ3) is 33.8. The summed E-state index contributed by atoms with van der Waals surface area (Å²) in [5, 5.41) is 52.9. The molecule has 668 valence electrons. The van der Waals surface area contributed by atoms with Gasteiger partial charge in [-0.2, -0.15) is 0 Å². The molecular formula is C77H134N20O21. The molecule has 0 saturated carbocycles. The molecule has 20 amide bonds. The number of primary amides is 2. The average Bonchev–Trinajstić information content (AvgIpc) is 1.76. The molecule has 41 nitrogen and oxygen atoms in total. The highest BCUT2D eigenvalue weighted by Crippen LogP contribution is 2.24. The third-order valence-corrected chi connectivity index (χ3v) is 19.5. The first kappa shape index (κ1) is 105. The number of likely N-dealkylation sites (tertiary alicyclic amines) is 1. The van der Waals surface area contributed by atoms with Crippen LogP contribution in [0.15, 0.2) is 0 Å². The molecule has 1 aliphatic rings. The smallest absolute Gasteiger partial charge is 0.248 e. The van der Waals surface area contributed by atoms with Crippen LogP contribution in [-0.4, -0.2) is 247 Å². The van der Waals surface area contributed by atoms with Crippen molar-refractivity contribution in [1.82, 2.24) is 95.3 Å². The van der Waals surface area contributed by atoms with Crippen LogP contribution in [0.4, 0.5) is 0 Å². The van der Waals surface area contributed by atoms with Crippen LogP contribution in [0.3, 0.4) is 0 Å². The minimum atomic E-state index is -1.87. The number of carbonyl (C=O) groups is 20. The maximum atomic E-state index is 14.3. The monoisotopic (exact) mass is 1680 g/mol. The first-order chi connectivity index (χ1) is 53.8. The number of nitrogens with two attached hydrogens (primary N) is 2. The van der Waals surface area contributed by atoms with Crippen molar-refractivity contribution in [3.8, 4) is 0 Å². The molecular weight excluding hydrogens is 1540 g/mol. The van der Waals surface area contributed by atoms with Gasteiger partial charge in [-0.25, -0.2) is 0 Å². The number of nitrogens with zero attached hydrogens (tertiary/aromatic N) is 1. The Kier molecular flexibility index (Phi) is 40.0. The Morgan fingerprint density at radius 2 is 0.763 bits per heavy atom. The van der Waals surface area contributed by atoms with Crippen LogP contribution in [-0.2, 0) is 95.9 Å². The Balaban J connectivity index is 3.08.